The Morgan fingerprint density at radius 1 is 1.56 bits per heavy atom. The van der Waals surface area contributed by atoms with Crippen LogP contribution in [0.3, 0.4) is 0 Å². The second-order valence-corrected chi connectivity index (χ2v) is 4.22. The molecule has 1 aliphatic carbocycles. The predicted molar refractivity (Wildman–Crippen MR) is 67.3 cm³/mol. The summed E-state index contributed by atoms with van der Waals surface area (Å²) >= 11 is 0. The van der Waals surface area contributed by atoms with Gasteiger partial charge in [0.1, 0.15) is 5.69 Å². The summed E-state index contributed by atoms with van der Waals surface area (Å²) in [6, 6.07) is 0.341. The number of nitrogens with one attached hydrogen (secondary N) is 1. The number of nitro groups is 1. The first-order valence-electron chi connectivity index (χ1n) is 5.84. The van der Waals surface area contributed by atoms with E-state index in [9.17, 15) is 10.1 Å². The second kappa shape index (κ2) is 4.73. The van der Waals surface area contributed by atoms with Gasteiger partial charge in [0.2, 0.25) is 11.8 Å². The Morgan fingerprint density at radius 2 is 2.22 bits per heavy atom. The van der Waals surface area contributed by atoms with Gasteiger partial charge in [-0.25, -0.2) is 10.8 Å². The lowest BCUT2D eigenvalue weighted by Gasteiger charge is -2.21. The standard InChI is InChI=1S/C10H16N6O2/c1-3-15(7-4-5-7)9-8(16(17)18)6(2)12-10(13-9)14-11/h7H,3-5,11H2,1-2H3,(H,12,13,14). The molecule has 0 atom stereocenters. The Labute approximate surface area is 104 Å². The summed E-state index contributed by atoms with van der Waals surface area (Å²) in [6.45, 7) is 4.21. The van der Waals surface area contributed by atoms with Crippen LogP contribution >= 0.6 is 0 Å². The minimum absolute atomic E-state index is 0.0391. The minimum Gasteiger partial charge on any atom is -0.348 e. The smallest absolute Gasteiger partial charge is 0.332 e. The molecule has 0 aromatic carbocycles. The minimum atomic E-state index is -0.435. The van der Waals surface area contributed by atoms with Gasteiger partial charge in [0, 0.05) is 12.6 Å². The molecule has 8 heteroatoms. The maximum atomic E-state index is 11.2. The summed E-state index contributed by atoms with van der Waals surface area (Å²) < 4.78 is 0. The van der Waals surface area contributed by atoms with Crippen molar-refractivity contribution in [2.24, 2.45) is 5.84 Å². The lowest BCUT2D eigenvalue weighted by molar-refractivity contribution is -0.385. The molecule has 2 rings (SSSR count). The molecule has 1 aromatic heterocycles. The normalized spacial score (nSPS) is 14.4. The fourth-order valence-corrected chi connectivity index (χ4v) is 2.00. The summed E-state index contributed by atoms with van der Waals surface area (Å²) in [5.41, 5.74) is 2.62. The van der Waals surface area contributed by atoms with E-state index in [1.54, 1.807) is 6.92 Å². The zero-order valence-electron chi connectivity index (χ0n) is 10.4. The molecule has 1 saturated carbocycles. The highest BCUT2D eigenvalue weighted by atomic mass is 16.6. The highest BCUT2D eigenvalue weighted by Gasteiger charge is 2.34. The van der Waals surface area contributed by atoms with Gasteiger partial charge in [-0.15, -0.1) is 0 Å². The fourth-order valence-electron chi connectivity index (χ4n) is 2.00. The van der Waals surface area contributed by atoms with Gasteiger partial charge in [0.05, 0.1) is 4.92 Å². The molecule has 0 amide bonds. The molecular formula is C10H16N6O2. The van der Waals surface area contributed by atoms with Crippen LogP contribution in [-0.4, -0.2) is 27.5 Å². The molecule has 3 N–H and O–H groups in total. The molecule has 0 saturated heterocycles. The third kappa shape index (κ3) is 2.19. The Kier molecular flexibility index (Phi) is 3.28. The number of rotatable bonds is 5. The Bertz CT molecular complexity index is 474. The molecule has 0 spiro atoms. The van der Waals surface area contributed by atoms with Crippen LogP contribution in [0.2, 0.25) is 0 Å². The summed E-state index contributed by atoms with van der Waals surface area (Å²) in [7, 11) is 0. The average Bonchev–Trinajstić information content (AvgIpc) is 3.13. The molecule has 18 heavy (non-hydrogen) atoms. The lowest BCUT2D eigenvalue weighted by atomic mass is 10.3. The van der Waals surface area contributed by atoms with Gasteiger partial charge in [0.25, 0.3) is 0 Å². The first kappa shape index (κ1) is 12.5. The summed E-state index contributed by atoms with van der Waals surface area (Å²) in [5, 5.41) is 11.2. The summed E-state index contributed by atoms with van der Waals surface area (Å²) in [5.74, 6) is 5.84. The van der Waals surface area contributed by atoms with E-state index in [0.717, 1.165) is 12.8 Å². The number of nitrogen functional groups attached to an aromatic ring is 1. The van der Waals surface area contributed by atoms with Gasteiger partial charge >= 0.3 is 5.69 Å². The van der Waals surface area contributed by atoms with Crippen LogP contribution < -0.4 is 16.2 Å². The maximum absolute atomic E-state index is 11.2. The van der Waals surface area contributed by atoms with Crippen LogP contribution in [0, 0.1) is 17.0 Å². The fraction of sp³-hybridized carbons (Fsp3) is 0.600. The van der Waals surface area contributed by atoms with Crippen molar-refractivity contribution in [3.8, 4) is 0 Å². The zero-order valence-corrected chi connectivity index (χ0v) is 10.4. The quantitative estimate of drug-likeness (QED) is 0.456. The van der Waals surface area contributed by atoms with Crippen molar-refractivity contribution in [1.82, 2.24) is 9.97 Å². The number of nitrogens with two attached hydrogens (primary N) is 1. The first-order valence-corrected chi connectivity index (χ1v) is 5.84. The molecule has 0 unspecified atom stereocenters. The molecule has 1 heterocycles. The first-order chi connectivity index (χ1) is 8.58. The number of anilines is 2. The highest BCUT2D eigenvalue weighted by molar-refractivity contribution is 5.63. The largest absolute Gasteiger partial charge is 0.348 e. The SMILES string of the molecule is CCN(c1nc(NN)nc(C)c1[N+](=O)[O-])C1CC1. The molecule has 1 fully saturated rings. The van der Waals surface area contributed by atoms with Gasteiger partial charge in [0.15, 0.2) is 0 Å². The van der Waals surface area contributed by atoms with Crippen molar-refractivity contribution in [3.63, 3.8) is 0 Å². The topological polar surface area (TPSA) is 110 Å². The van der Waals surface area contributed by atoms with Crippen LogP contribution in [0.15, 0.2) is 0 Å². The summed E-state index contributed by atoms with van der Waals surface area (Å²) in [6.07, 6.45) is 2.08. The predicted octanol–water partition coefficient (Wildman–Crippen LogP) is 0.968. The molecule has 1 aromatic rings. The van der Waals surface area contributed by atoms with Crippen molar-refractivity contribution in [2.75, 3.05) is 16.9 Å². The van der Waals surface area contributed by atoms with Crippen LogP contribution in [0.5, 0.6) is 0 Å². The second-order valence-electron chi connectivity index (χ2n) is 4.22. The monoisotopic (exact) mass is 252 g/mol. The average molecular weight is 252 g/mol. The molecule has 8 nitrogen and oxygen atoms in total. The number of nitrogens with zero attached hydrogens (tertiary/aromatic N) is 4. The number of aryl methyl sites for hydroxylation is 1. The Morgan fingerprint density at radius 3 is 2.67 bits per heavy atom. The van der Waals surface area contributed by atoms with E-state index in [-0.39, 0.29) is 11.6 Å². The van der Waals surface area contributed by atoms with Crippen LogP contribution in [0.1, 0.15) is 25.5 Å². The number of hydrazine groups is 1. The number of hydrogen-bond acceptors (Lipinski definition) is 7. The molecular weight excluding hydrogens is 236 g/mol. The van der Waals surface area contributed by atoms with Crippen LogP contribution in [0.4, 0.5) is 17.5 Å². The van der Waals surface area contributed by atoms with Crippen LogP contribution in [0.25, 0.3) is 0 Å². The number of aromatic nitrogens is 2. The van der Waals surface area contributed by atoms with Gasteiger partial charge in [-0.3, -0.25) is 15.5 Å². The number of hydrogen-bond donors (Lipinski definition) is 2. The van der Waals surface area contributed by atoms with Gasteiger partial charge < -0.3 is 4.90 Å². The molecule has 98 valence electrons. The molecule has 1 aliphatic rings. The van der Waals surface area contributed by atoms with Gasteiger partial charge in [-0.05, 0) is 26.7 Å². The third-order valence-corrected chi connectivity index (χ3v) is 2.95. The van der Waals surface area contributed by atoms with Crippen molar-refractivity contribution in [2.45, 2.75) is 32.7 Å². The van der Waals surface area contributed by atoms with Crippen molar-refractivity contribution in [1.29, 1.82) is 0 Å². The lowest BCUT2D eigenvalue weighted by Crippen LogP contribution is -2.28. The molecule has 0 aliphatic heterocycles. The van der Waals surface area contributed by atoms with Gasteiger partial charge in [-0.1, -0.05) is 0 Å². The maximum Gasteiger partial charge on any atom is 0.332 e. The highest BCUT2D eigenvalue weighted by Crippen LogP contribution is 2.36. The van der Waals surface area contributed by atoms with Crippen LogP contribution in [-0.2, 0) is 0 Å². The van der Waals surface area contributed by atoms with Crippen molar-refractivity contribution in [3.05, 3.63) is 15.8 Å². The van der Waals surface area contributed by atoms with Crippen molar-refractivity contribution >= 4 is 17.5 Å². The van der Waals surface area contributed by atoms with E-state index in [1.165, 1.54) is 0 Å². The third-order valence-electron chi connectivity index (χ3n) is 2.95. The van der Waals surface area contributed by atoms with E-state index >= 15 is 0 Å². The van der Waals surface area contributed by atoms with E-state index in [2.05, 4.69) is 15.4 Å². The summed E-state index contributed by atoms with van der Waals surface area (Å²) in [4.78, 5) is 20.8. The van der Waals surface area contributed by atoms with Gasteiger partial charge in [-0.2, -0.15) is 4.98 Å². The van der Waals surface area contributed by atoms with E-state index in [4.69, 9.17) is 5.84 Å². The van der Waals surface area contributed by atoms with E-state index in [0.29, 0.717) is 24.1 Å². The van der Waals surface area contributed by atoms with Crippen molar-refractivity contribution < 1.29 is 4.92 Å². The molecule has 0 radical (unpaired) electrons. The Hall–Kier alpha value is -1.96. The van der Waals surface area contributed by atoms with E-state index < -0.39 is 4.92 Å². The Balaban J connectivity index is 2.53. The zero-order chi connectivity index (χ0) is 13.3. The molecule has 0 bridgehead atoms. The van der Waals surface area contributed by atoms with E-state index in [1.807, 2.05) is 11.8 Å².